The molecule has 0 aliphatic heterocycles. The maximum absolute atomic E-state index is 12.5. The number of likely N-dealkylation sites (N-methyl/N-ethyl adjacent to an activating group) is 1. The van der Waals surface area contributed by atoms with E-state index in [0.29, 0.717) is 19.5 Å². The molecule has 1 amide bonds. The van der Waals surface area contributed by atoms with E-state index in [1.165, 1.54) is 4.90 Å². The number of nitrogens with zero attached hydrogens (tertiary/aromatic N) is 3. The number of nitro groups is 1. The summed E-state index contributed by atoms with van der Waals surface area (Å²) >= 11 is 0. The fraction of sp³-hybridized carbons (Fsp3) is 0.429. The molecule has 1 aliphatic rings. The van der Waals surface area contributed by atoms with Gasteiger partial charge in [0.2, 0.25) is 11.4 Å². The molecule has 1 aromatic rings. The molecule has 0 spiro atoms. The minimum absolute atomic E-state index is 0.0503. The number of nitro benzene ring substituents is 1. The van der Waals surface area contributed by atoms with E-state index in [1.807, 2.05) is 0 Å². The average Bonchev–Trinajstić information content (AvgIpc) is 2.76. The minimum atomic E-state index is -1.52. The Labute approximate surface area is 189 Å². The molecule has 1 aromatic carbocycles. The Hall–Kier alpha value is -4.14. The molecule has 0 unspecified atom stereocenters. The molecule has 1 N–H and O–H groups in total. The van der Waals surface area contributed by atoms with Gasteiger partial charge in [0.05, 0.1) is 12.0 Å². The number of benzene rings is 1. The molecule has 0 atom stereocenters. The van der Waals surface area contributed by atoms with Crippen LogP contribution in [0.3, 0.4) is 0 Å². The number of carbonyl (C=O) groups is 3. The van der Waals surface area contributed by atoms with Crippen molar-refractivity contribution < 1.29 is 38.6 Å². The van der Waals surface area contributed by atoms with Crippen LogP contribution < -0.4 is 4.74 Å². The molecule has 2 rings (SSSR count). The smallest absolute Gasteiger partial charge is 0.499 e. The summed E-state index contributed by atoms with van der Waals surface area (Å²) < 4.78 is 14.7. The highest BCUT2D eigenvalue weighted by Gasteiger charge is 2.50. The van der Waals surface area contributed by atoms with Crippen LogP contribution in [0.1, 0.15) is 38.7 Å². The van der Waals surface area contributed by atoms with Crippen LogP contribution in [0, 0.1) is 21.4 Å². The van der Waals surface area contributed by atoms with Gasteiger partial charge in [0.1, 0.15) is 11.6 Å². The molecule has 12 nitrogen and oxygen atoms in total. The summed E-state index contributed by atoms with van der Waals surface area (Å²) in [7, 11) is 1.13. The number of phenols is 1. The van der Waals surface area contributed by atoms with Crippen LogP contribution in [-0.2, 0) is 19.1 Å². The predicted octanol–water partition coefficient (Wildman–Crippen LogP) is 2.69. The number of amides is 1. The Morgan fingerprint density at radius 1 is 1.30 bits per heavy atom. The van der Waals surface area contributed by atoms with Gasteiger partial charge in [-0.3, -0.25) is 14.9 Å². The number of rotatable bonds is 8. The Morgan fingerprint density at radius 2 is 1.94 bits per heavy atom. The molecule has 33 heavy (non-hydrogen) atoms. The lowest BCUT2D eigenvalue weighted by Gasteiger charge is -2.37. The van der Waals surface area contributed by atoms with Gasteiger partial charge >= 0.3 is 17.8 Å². The van der Waals surface area contributed by atoms with Gasteiger partial charge in [-0.15, -0.1) is 0 Å². The second kappa shape index (κ2) is 10.4. The number of hydrogen-bond donors (Lipinski definition) is 1. The van der Waals surface area contributed by atoms with Crippen molar-refractivity contribution in [3.05, 3.63) is 33.4 Å². The highest BCUT2D eigenvalue weighted by Crippen LogP contribution is 2.40. The van der Waals surface area contributed by atoms with Crippen molar-refractivity contribution in [1.82, 2.24) is 4.90 Å². The van der Waals surface area contributed by atoms with E-state index in [0.717, 1.165) is 25.3 Å². The zero-order chi connectivity index (χ0) is 24.8. The van der Waals surface area contributed by atoms with Gasteiger partial charge in [-0.05, 0) is 50.8 Å². The zero-order valence-electron chi connectivity index (χ0n) is 18.3. The van der Waals surface area contributed by atoms with E-state index >= 15 is 0 Å². The van der Waals surface area contributed by atoms with Crippen LogP contribution in [-0.4, -0.2) is 58.8 Å². The molecule has 0 radical (unpaired) electrons. The summed E-state index contributed by atoms with van der Waals surface area (Å²) in [4.78, 5) is 48.5. The summed E-state index contributed by atoms with van der Waals surface area (Å²) in [5.41, 5.74) is -2.71. The SMILES string of the molecule is CCN(CC)C(=O)/C(C#N)=C/c1cc(OC(=O)OC2(C(=O)OC)CCC2)c(O)c([N+](=O)[O-])c1. The van der Waals surface area contributed by atoms with Crippen molar-refractivity contribution in [1.29, 1.82) is 5.26 Å². The number of phenolic OH excluding ortho intramolecular Hbond substituents is 1. The molecule has 0 aromatic heterocycles. The topological polar surface area (TPSA) is 169 Å². The first kappa shape index (κ1) is 25.1. The number of carbonyl (C=O) groups excluding carboxylic acids is 3. The van der Waals surface area contributed by atoms with Gasteiger partial charge in [-0.1, -0.05) is 0 Å². The summed E-state index contributed by atoms with van der Waals surface area (Å²) in [6, 6.07) is 3.69. The predicted molar refractivity (Wildman–Crippen MR) is 112 cm³/mol. The van der Waals surface area contributed by atoms with E-state index in [4.69, 9.17) is 9.47 Å². The van der Waals surface area contributed by atoms with Crippen molar-refractivity contribution in [2.24, 2.45) is 0 Å². The molecule has 1 fully saturated rings. The van der Waals surface area contributed by atoms with Crippen molar-refractivity contribution >= 4 is 29.8 Å². The third-order valence-electron chi connectivity index (χ3n) is 5.18. The maximum Gasteiger partial charge on any atom is 0.515 e. The van der Waals surface area contributed by atoms with Gasteiger partial charge in [-0.25, -0.2) is 9.59 Å². The summed E-state index contributed by atoms with van der Waals surface area (Å²) in [5.74, 6) is -2.98. The number of nitriles is 1. The van der Waals surface area contributed by atoms with E-state index in [9.17, 15) is 34.9 Å². The number of aromatic hydroxyl groups is 1. The highest BCUT2D eigenvalue weighted by atomic mass is 16.7. The zero-order valence-corrected chi connectivity index (χ0v) is 18.3. The number of hydrogen-bond acceptors (Lipinski definition) is 10. The molecule has 0 heterocycles. The quantitative estimate of drug-likeness (QED) is 0.152. The lowest BCUT2D eigenvalue weighted by atomic mass is 9.80. The van der Waals surface area contributed by atoms with Crippen molar-refractivity contribution in [2.45, 2.75) is 38.7 Å². The van der Waals surface area contributed by atoms with Crippen molar-refractivity contribution in [3.8, 4) is 17.6 Å². The van der Waals surface area contributed by atoms with Crippen LogP contribution in [0.4, 0.5) is 10.5 Å². The van der Waals surface area contributed by atoms with Crippen LogP contribution in [0.25, 0.3) is 6.08 Å². The van der Waals surface area contributed by atoms with Gasteiger partial charge in [0.25, 0.3) is 5.91 Å². The van der Waals surface area contributed by atoms with Gasteiger partial charge in [0.15, 0.2) is 5.75 Å². The van der Waals surface area contributed by atoms with Crippen LogP contribution in [0.5, 0.6) is 11.5 Å². The first-order valence-electron chi connectivity index (χ1n) is 10.0. The Morgan fingerprint density at radius 3 is 2.39 bits per heavy atom. The Kier molecular flexibility index (Phi) is 7.95. The largest absolute Gasteiger partial charge is 0.515 e. The summed E-state index contributed by atoms with van der Waals surface area (Å²) in [5, 5.41) is 30.9. The maximum atomic E-state index is 12.5. The fourth-order valence-corrected chi connectivity index (χ4v) is 3.21. The van der Waals surface area contributed by atoms with E-state index in [-0.39, 0.29) is 24.0 Å². The second-order valence-electron chi connectivity index (χ2n) is 7.08. The third-order valence-corrected chi connectivity index (χ3v) is 5.18. The van der Waals surface area contributed by atoms with E-state index < -0.39 is 45.7 Å². The fourth-order valence-electron chi connectivity index (χ4n) is 3.21. The summed E-state index contributed by atoms with van der Waals surface area (Å²) in [6.45, 7) is 4.13. The van der Waals surface area contributed by atoms with Crippen molar-refractivity contribution in [2.75, 3.05) is 20.2 Å². The van der Waals surface area contributed by atoms with Crippen LogP contribution in [0.2, 0.25) is 0 Å². The second-order valence-corrected chi connectivity index (χ2v) is 7.08. The molecule has 0 bridgehead atoms. The lowest BCUT2D eigenvalue weighted by molar-refractivity contribution is -0.385. The normalized spacial score (nSPS) is 14.3. The standard InChI is InChI=1S/C21H23N3O9/c1-4-23(5-2)18(26)14(12-22)9-13-10-15(24(29)30)17(25)16(11-13)32-20(28)33-21(7-6-8-21)19(27)31-3/h9-11,25H,4-8H2,1-3H3/b14-9+. The van der Waals surface area contributed by atoms with Gasteiger partial charge < -0.3 is 24.2 Å². The third kappa shape index (κ3) is 5.38. The number of ether oxygens (including phenoxy) is 3. The molecule has 12 heteroatoms. The first-order valence-corrected chi connectivity index (χ1v) is 10.0. The molecule has 1 saturated carbocycles. The Balaban J connectivity index is 2.41. The average molecular weight is 461 g/mol. The number of esters is 1. The van der Waals surface area contributed by atoms with Crippen LogP contribution in [0.15, 0.2) is 17.7 Å². The monoisotopic (exact) mass is 461 g/mol. The van der Waals surface area contributed by atoms with E-state index in [1.54, 1.807) is 19.9 Å². The van der Waals surface area contributed by atoms with Crippen molar-refractivity contribution in [3.63, 3.8) is 0 Å². The molecule has 176 valence electrons. The highest BCUT2D eigenvalue weighted by molar-refractivity contribution is 6.01. The van der Waals surface area contributed by atoms with Crippen LogP contribution >= 0.6 is 0 Å². The van der Waals surface area contributed by atoms with Gasteiger partial charge in [-0.2, -0.15) is 5.26 Å². The lowest BCUT2D eigenvalue weighted by Crippen LogP contribution is -2.50. The first-order chi connectivity index (χ1) is 15.6. The minimum Gasteiger partial charge on any atom is -0.499 e. The molecule has 0 saturated heterocycles. The molecule has 1 aliphatic carbocycles. The summed E-state index contributed by atoms with van der Waals surface area (Å²) in [6.07, 6.45) is 0.723. The number of methoxy groups -OCH3 is 1. The van der Waals surface area contributed by atoms with E-state index in [2.05, 4.69) is 4.74 Å². The molecular formula is C21H23N3O9. The van der Waals surface area contributed by atoms with Gasteiger partial charge in [0, 0.05) is 19.2 Å². The Bertz CT molecular complexity index is 1030. The molecular weight excluding hydrogens is 438 g/mol.